The van der Waals surface area contributed by atoms with Crippen LogP contribution in [0.4, 0.5) is 0 Å². The Morgan fingerprint density at radius 3 is 0.837 bits per heavy atom. The van der Waals surface area contributed by atoms with Crippen molar-refractivity contribution in [2.24, 2.45) is 0 Å². The van der Waals surface area contributed by atoms with Crippen molar-refractivity contribution in [3.05, 3.63) is 182 Å². The smallest absolute Gasteiger partial charge is 0.0623 e. The molecule has 0 amide bonds. The molecule has 0 spiro atoms. The van der Waals surface area contributed by atoms with Crippen molar-refractivity contribution >= 4 is 28.8 Å². The molecule has 0 unspecified atom stereocenters. The topological polar surface area (TPSA) is 0 Å². The average Bonchev–Trinajstić information content (AvgIpc) is 3.09. The zero-order chi connectivity index (χ0) is 28.6. The van der Waals surface area contributed by atoms with Crippen molar-refractivity contribution in [3.63, 3.8) is 0 Å². The van der Waals surface area contributed by atoms with Crippen LogP contribution in [0.1, 0.15) is 0 Å². The molecule has 7 aromatic rings. The molecule has 8 rings (SSSR count). The van der Waals surface area contributed by atoms with E-state index < -0.39 is 8.07 Å². The quantitative estimate of drug-likeness (QED) is 0.150. The maximum Gasteiger partial charge on any atom is 0.179 e. The minimum atomic E-state index is -2.67. The molecule has 0 atom stereocenters. The zero-order valence-corrected chi connectivity index (χ0v) is 24.8. The van der Waals surface area contributed by atoms with Gasteiger partial charge in [-0.25, -0.2) is 0 Å². The van der Waals surface area contributed by atoms with Crippen LogP contribution in [0.25, 0.3) is 44.5 Å². The van der Waals surface area contributed by atoms with E-state index in [1.807, 2.05) is 0 Å². The van der Waals surface area contributed by atoms with E-state index >= 15 is 0 Å². The molecule has 1 aliphatic rings. The fourth-order valence-corrected chi connectivity index (χ4v) is 11.9. The Hall–Kier alpha value is -5.24. The third-order valence-corrected chi connectivity index (χ3v) is 13.8. The average molecular weight is 563 g/mol. The van der Waals surface area contributed by atoms with Crippen molar-refractivity contribution < 1.29 is 0 Å². The fourth-order valence-electron chi connectivity index (χ4n) is 7.16. The van der Waals surface area contributed by atoms with Crippen molar-refractivity contribution in [1.82, 2.24) is 0 Å². The second kappa shape index (κ2) is 10.5. The van der Waals surface area contributed by atoms with E-state index in [1.54, 1.807) is 0 Å². The van der Waals surface area contributed by atoms with Gasteiger partial charge in [0.25, 0.3) is 0 Å². The first-order chi connectivity index (χ1) is 21.4. The molecule has 0 aromatic heterocycles. The van der Waals surface area contributed by atoms with Crippen molar-refractivity contribution in [1.29, 1.82) is 0 Å². The number of benzene rings is 7. The molecule has 0 fully saturated rings. The fraction of sp³-hybridized carbons (Fsp3) is 0. The van der Waals surface area contributed by atoms with Gasteiger partial charge in [-0.2, -0.15) is 0 Å². The molecule has 0 nitrogen and oxygen atoms in total. The highest BCUT2D eigenvalue weighted by Crippen LogP contribution is 2.47. The molecule has 0 saturated carbocycles. The van der Waals surface area contributed by atoms with E-state index in [1.165, 1.54) is 65.3 Å². The van der Waals surface area contributed by atoms with Gasteiger partial charge in [0.2, 0.25) is 0 Å². The molecule has 202 valence electrons. The summed E-state index contributed by atoms with van der Waals surface area (Å²) in [6, 6.07) is 67.6. The van der Waals surface area contributed by atoms with Gasteiger partial charge in [-0.15, -0.1) is 0 Å². The highest BCUT2D eigenvalue weighted by atomic mass is 28.3. The predicted molar refractivity (Wildman–Crippen MR) is 185 cm³/mol. The minimum Gasteiger partial charge on any atom is -0.0623 e. The van der Waals surface area contributed by atoms with Gasteiger partial charge in [0, 0.05) is 0 Å². The monoisotopic (exact) mass is 562 g/mol. The Morgan fingerprint density at radius 2 is 0.488 bits per heavy atom. The van der Waals surface area contributed by atoms with Gasteiger partial charge < -0.3 is 0 Å². The molecule has 0 bridgehead atoms. The van der Waals surface area contributed by atoms with E-state index in [9.17, 15) is 0 Å². The van der Waals surface area contributed by atoms with Crippen LogP contribution in [0.2, 0.25) is 0 Å². The lowest BCUT2D eigenvalue weighted by Gasteiger charge is -2.35. The number of hydrogen-bond acceptors (Lipinski definition) is 0. The molecule has 0 N–H and O–H groups in total. The highest BCUT2D eigenvalue weighted by Gasteiger charge is 2.41. The number of hydrogen-bond donors (Lipinski definition) is 0. The summed E-state index contributed by atoms with van der Waals surface area (Å²) in [5.41, 5.74) is 10.2. The molecule has 0 saturated heterocycles. The van der Waals surface area contributed by atoms with E-state index in [4.69, 9.17) is 0 Å². The molecule has 0 radical (unpaired) electrons. The van der Waals surface area contributed by atoms with Crippen LogP contribution in [0.5, 0.6) is 0 Å². The first-order valence-electron chi connectivity index (χ1n) is 15.0. The Bertz CT molecular complexity index is 1960. The lowest BCUT2D eigenvalue weighted by molar-refractivity contribution is 1.52. The molecule has 1 heteroatoms. The van der Waals surface area contributed by atoms with Crippen LogP contribution in [0.15, 0.2) is 182 Å². The summed E-state index contributed by atoms with van der Waals surface area (Å²) in [5.74, 6) is 0. The maximum atomic E-state index is 2.53. The lowest BCUT2D eigenvalue weighted by atomic mass is 9.81. The van der Waals surface area contributed by atoms with Crippen LogP contribution in [-0.2, 0) is 0 Å². The van der Waals surface area contributed by atoms with Crippen LogP contribution < -0.4 is 20.7 Å². The largest absolute Gasteiger partial charge is 0.179 e. The van der Waals surface area contributed by atoms with Crippen LogP contribution in [-0.4, -0.2) is 8.07 Å². The van der Waals surface area contributed by atoms with Crippen molar-refractivity contribution in [2.45, 2.75) is 0 Å². The third-order valence-electron chi connectivity index (χ3n) is 9.01. The van der Waals surface area contributed by atoms with Gasteiger partial charge in [-0.3, -0.25) is 0 Å². The van der Waals surface area contributed by atoms with E-state index in [0.717, 1.165) is 0 Å². The molecular formula is C42H30Si. The van der Waals surface area contributed by atoms with Gasteiger partial charge in [0.05, 0.1) is 0 Å². The molecule has 0 heterocycles. The molecular weight excluding hydrogens is 533 g/mol. The number of rotatable bonds is 4. The second-order valence-corrected chi connectivity index (χ2v) is 15.1. The zero-order valence-electron chi connectivity index (χ0n) is 23.8. The highest BCUT2D eigenvalue weighted by molar-refractivity contribution is 7.19. The third kappa shape index (κ3) is 4.05. The van der Waals surface area contributed by atoms with Crippen molar-refractivity contribution in [3.8, 4) is 44.5 Å². The van der Waals surface area contributed by atoms with E-state index in [2.05, 4.69) is 182 Å². The molecule has 1 aliphatic carbocycles. The van der Waals surface area contributed by atoms with Crippen LogP contribution in [0.3, 0.4) is 0 Å². The molecule has 43 heavy (non-hydrogen) atoms. The van der Waals surface area contributed by atoms with Crippen LogP contribution >= 0.6 is 0 Å². The maximum absolute atomic E-state index is 2.67. The summed E-state index contributed by atoms with van der Waals surface area (Å²) in [6.45, 7) is 0. The van der Waals surface area contributed by atoms with Gasteiger partial charge >= 0.3 is 0 Å². The van der Waals surface area contributed by atoms with Gasteiger partial charge in [-0.1, -0.05) is 182 Å². The summed E-state index contributed by atoms with van der Waals surface area (Å²) in [6.07, 6.45) is 0. The van der Waals surface area contributed by atoms with E-state index in [0.29, 0.717) is 0 Å². The normalized spacial score (nSPS) is 11.7. The molecule has 0 aliphatic heterocycles. The summed E-state index contributed by atoms with van der Waals surface area (Å²) in [4.78, 5) is 0. The first-order valence-corrected chi connectivity index (χ1v) is 17.0. The van der Waals surface area contributed by atoms with Gasteiger partial charge in [0.15, 0.2) is 8.07 Å². The Labute approximate surface area is 254 Å². The predicted octanol–water partition coefficient (Wildman–Crippen LogP) is 8.05. The summed E-state index contributed by atoms with van der Waals surface area (Å²) >= 11 is 0. The molecule has 7 aromatic carbocycles. The van der Waals surface area contributed by atoms with Gasteiger partial charge in [0.1, 0.15) is 0 Å². The Morgan fingerprint density at radius 1 is 0.209 bits per heavy atom. The number of fused-ring (bicyclic) bond motifs is 8. The summed E-state index contributed by atoms with van der Waals surface area (Å²) in [5, 5.41) is 5.54. The first kappa shape index (κ1) is 25.5. The van der Waals surface area contributed by atoms with Crippen molar-refractivity contribution in [2.75, 3.05) is 0 Å². The Balaban J connectivity index is 1.51. The standard InChI is InChI=1S/C42H30Si/c1-4-16-31(17-5-1)43(32-18-6-2-7-19-32,33-20-8-3-9-21-33)34-28-29-41-39-26-13-12-24-37(39)35-22-10-11-23-36(35)38-25-14-15-27-40(38)42(41)30-34/h1-30H. The van der Waals surface area contributed by atoms with E-state index in [-0.39, 0.29) is 0 Å². The minimum absolute atomic E-state index is 1.28. The summed E-state index contributed by atoms with van der Waals surface area (Å²) < 4.78 is 0. The Kier molecular flexibility index (Phi) is 6.25. The second-order valence-electron chi connectivity index (χ2n) is 11.2. The van der Waals surface area contributed by atoms with Crippen LogP contribution in [0, 0.1) is 0 Å². The SMILES string of the molecule is c1ccc([Si](c2ccccc2)(c2ccccc2)c2ccc3c(c2)-c2ccccc2-c2ccccc2-c2ccccc2-3)cc1. The van der Waals surface area contributed by atoms with Gasteiger partial charge in [-0.05, 0) is 65.3 Å². The lowest BCUT2D eigenvalue weighted by Crippen LogP contribution is -2.74. The summed E-state index contributed by atoms with van der Waals surface area (Å²) in [7, 11) is -2.67.